The van der Waals surface area contributed by atoms with E-state index in [1.165, 1.54) is 37.7 Å². The Balaban J connectivity index is 1.10. The van der Waals surface area contributed by atoms with Gasteiger partial charge in [0, 0.05) is 43.9 Å². The second-order valence-electron chi connectivity index (χ2n) is 14.4. The third-order valence-electron chi connectivity index (χ3n) is 11.2. The summed E-state index contributed by atoms with van der Waals surface area (Å²) in [6, 6.07) is 63.9. The third kappa shape index (κ3) is 4.58. The Kier molecular flexibility index (Phi) is 6.56. The largest absolute Gasteiger partial charge is 0.454 e. The number of benzene rings is 9. The number of aromatic nitrogens is 4. The molecular formula is C51H30N4O. The molecule has 0 amide bonds. The molecule has 0 spiro atoms. The van der Waals surface area contributed by atoms with Gasteiger partial charge in [0.2, 0.25) is 0 Å². The summed E-state index contributed by atoms with van der Waals surface area (Å²) in [7, 11) is 0. The Morgan fingerprint density at radius 3 is 1.48 bits per heavy atom. The van der Waals surface area contributed by atoms with Gasteiger partial charge in [-0.25, -0.2) is 15.0 Å². The van der Waals surface area contributed by atoms with E-state index in [9.17, 15) is 0 Å². The third-order valence-corrected chi connectivity index (χ3v) is 11.2. The lowest BCUT2D eigenvalue weighted by Gasteiger charge is -2.13. The molecule has 0 aliphatic rings. The van der Waals surface area contributed by atoms with Crippen LogP contribution in [0.4, 0.5) is 0 Å². The highest BCUT2D eigenvalue weighted by Gasteiger charge is 2.21. The van der Waals surface area contributed by atoms with Crippen molar-refractivity contribution < 1.29 is 4.42 Å². The van der Waals surface area contributed by atoms with Crippen LogP contribution in [0.5, 0.6) is 0 Å². The van der Waals surface area contributed by atoms with Crippen molar-refractivity contribution in [3.8, 4) is 39.9 Å². The maximum Gasteiger partial charge on any atom is 0.164 e. The van der Waals surface area contributed by atoms with Crippen molar-refractivity contribution in [2.45, 2.75) is 0 Å². The Labute approximate surface area is 320 Å². The normalized spacial score (nSPS) is 11.9. The number of furan rings is 1. The van der Waals surface area contributed by atoms with E-state index < -0.39 is 0 Å². The second-order valence-corrected chi connectivity index (χ2v) is 14.4. The molecule has 3 aromatic heterocycles. The van der Waals surface area contributed by atoms with Crippen LogP contribution in [0, 0.1) is 0 Å². The van der Waals surface area contributed by atoms with E-state index in [1.807, 2.05) is 66.7 Å². The second kappa shape index (κ2) is 11.9. The van der Waals surface area contributed by atoms with Gasteiger partial charge in [0.1, 0.15) is 5.58 Å². The van der Waals surface area contributed by atoms with Crippen molar-refractivity contribution in [2.75, 3.05) is 0 Å². The van der Waals surface area contributed by atoms with Crippen LogP contribution < -0.4 is 0 Å². The fourth-order valence-electron chi connectivity index (χ4n) is 8.66. The van der Waals surface area contributed by atoms with Gasteiger partial charge in [0.25, 0.3) is 0 Å². The lowest BCUT2D eigenvalue weighted by Crippen LogP contribution is -2.00. The zero-order valence-corrected chi connectivity index (χ0v) is 30.0. The van der Waals surface area contributed by atoms with Gasteiger partial charge in [-0.05, 0) is 74.8 Å². The standard InChI is InChI=1S/C51H30N4O/c1-3-13-31(14-4-1)49-52-50(32-15-5-2-6-16-32)54-51(53-49)33-23-28-46-44(29-33)42-27-26-41-40-21-11-12-22-45(40)55(47(41)48(42)56-46)34-24-25-39-37-19-8-7-17-35(37)36-18-9-10-20-38(36)43(39)30-34/h1-30H. The van der Waals surface area contributed by atoms with Crippen molar-refractivity contribution in [1.82, 2.24) is 19.5 Å². The predicted molar refractivity (Wildman–Crippen MR) is 230 cm³/mol. The van der Waals surface area contributed by atoms with Crippen molar-refractivity contribution in [2.24, 2.45) is 0 Å². The van der Waals surface area contributed by atoms with E-state index in [2.05, 4.69) is 120 Å². The predicted octanol–water partition coefficient (Wildman–Crippen LogP) is 13.3. The molecule has 0 bridgehead atoms. The molecule has 12 aromatic rings. The van der Waals surface area contributed by atoms with Gasteiger partial charge in [-0.15, -0.1) is 0 Å². The molecule has 0 atom stereocenters. The quantitative estimate of drug-likeness (QED) is 0.170. The van der Waals surface area contributed by atoms with Crippen LogP contribution in [0.15, 0.2) is 186 Å². The van der Waals surface area contributed by atoms with E-state index in [0.717, 1.165) is 60.7 Å². The molecule has 0 saturated heterocycles. The Hall–Kier alpha value is -7.63. The minimum atomic E-state index is 0.611. The molecular weight excluding hydrogens is 685 g/mol. The fourth-order valence-corrected chi connectivity index (χ4v) is 8.66. The van der Waals surface area contributed by atoms with Gasteiger partial charge < -0.3 is 8.98 Å². The molecule has 0 fully saturated rings. The first-order valence-electron chi connectivity index (χ1n) is 18.9. The topological polar surface area (TPSA) is 56.7 Å². The van der Waals surface area contributed by atoms with Crippen molar-refractivity contribution in [1.29, 1.82) is 0 Å². The molecule has 3 heterocycles. The number of hydrogen-bond acceptors (Lipinski definition) is 4. The van der Waals surface area contributed by atoms with Crippen LogP contribution in [0.1, 0.15) is 0 Å². The zero-order chi connectivity index (χ0) is 36.7. The molecule has 0 N–H and O–H groups in total. The molecule has 56 heavy (non-hydrogen) atoms. The van der Waals surface area contributed by atoms with Crippen LogP contribution in [0.3, 0.4) is 0 Å². The molecule has 0 saturated carbocycles. The molecule has 0 aliphatic heterocycles. The molecule has 0 radical (unpaired) electrons. The van der Waals surface area contributed by atoms with Crippen LogP contribution in [-0.4, -0.2) is 19.5 Å². The van der Waals surface area contributed by atoms with E-state index in [4.69, 9.17) is 19.4 Å². The molecule has 0 unspecified atom stereocenters. The van der Waals surface area contributed by atoms with Crippen LogP contribution in [-0.2, 0) is 0 Å². The van der Waals surface area contributed by atoms with E-state index in [1.54, 1.807) is 0 Å². The van der Waals surface area contributed by atoms with Crippen LogP contribution >= 0.6 is 0 Å². The average Bonchev–Trinajstić information content (AvgIpc) is 3.82. The van der Waals surface area contributed by atoms with Gasteiger partial charge in [-0.3, -0.25) is 0 Å². The minimum absolute atomic E-state index is 0.611. The van der Waals surface area contributed by atoms with Gasteiger partial charge in [-0.1, -0.05) is 140 Å². The molecule has 260 valence electrons. The average molecular weight is 715 g/mol. The van der Waals surface area contributed by atoms with Gasteiger partial charge in [0.05, 0.1) is 11.0 Å². The Morgan fingerprint density at radius 1 is 0.339 bits per heavy atom. The van der Waals surface area contributed by atoms with Crippen molar-refractivity contribution in [3.63, 3.8) is 0 Å². The number of nitrogens with zero attached hydrogens (tertiary/aromatic N) is 4. The Morgan fingerprint density at radius 2 is 0.839 bits per heavy atom. The lowest BCUT2D eigenvalue weighted by atomic mass is 9.94. The lowest BCUT2D eigenvalue weighted by molar-refractivity contribution is 0.671. The van der Waals surface area contributed by atoms with Gasteiger partial charge in [0.15, 0.2) is 23.1 Å². The summed E-state index contributed by atoms with van der Waals surface area (Å²) in [5.74, 6) is 1.88. The van der Waals surface area contributed by atoms with Crippen LogP contribution in [0.25, 0.3) is 116 Å². The zero-order valence-electron chi connectivity index (χ0n) is 30.0. The number of rotatable bonds is 4. The summed E-state index contributed by atoms with van der Waals surface area (Å²) in [6.45, 7) is 0. The van der Waals surface area contributed by atoms with Gasteiger partial charge in [-0.2, -0.15) is 0 Å². The minimum Gasteiger partial charge on any atom is -0.454 e. The maximum absolute atomic E-state index is 6.88. The summed E-state index contributed by atoms with van der Waals surface area (Å²) in [6.07, 6.45) is 0. The first kappa shape index (κ1) is 30.8. The SMILES string of the molecule is c1ccc(-c2nc(-c3ccccc3)nc(-c3ccc4oc5c(ccc6c7ccccc7n(-c7ccc8c9ccccc9c9ccccc9c8c7)c65)c4c3)n2)cc1. The molecule has 12 rings (SSSR count). The maximum atomic E-state index is 6.88. The summed E-state index contributed by atoms with van der Waals surface area (Å²) in [5, 5.41) is 11.9. The molecule has 0 aliphatic carbocycles. The van der Waals surface area contributed by atoms with E-state index in [0.29, 0.717) is 17.5 Å². The monoisotopic (exact) mass is 714 g/mol. The van der Waals surface area contributed by atoms with E-state index >= 15 is 0 Å². The fraction of sp³-hybridized carbons (Fsp3) is 0. The number of para-hydroxylation sites is 1. The highest BCUT2D eigenvalue weighted by atomic mass is 16.3. The summed E-state index contributed by atoms with van der Waals surface area (Å²) in [5.41, 5.74) is 7.69. The highest BCUT2D eigenvalue weighted by Crippen LogP contribution is 2.43. The first-order valence-corrected chi connectivity index (χ1v) is 18.9. The van der Waals surface area contributed by atoms with Crippen LogP contribution in [0.2, 0.25) is 0 Å². The van der Waals surface area contributed by atoms with Crippen molar-refractivity contribution >= 4 is 76.1 Å². The summed E-state index contributed by atoms with van der Waals surface area (Å²) >= 11 is 0. The molecule has 5 nitrogen and oxygen atoms in total. The molecule has 9 aromatic carbocycles. The highest BCUT2D eigenvalue weighted by molar-refractivity contribution is 6.26. The van der Waals surface area contributed by atoms with Crippen molar-refractivity contribution in [3.05, 3.63) is 182 Å². The van der Waals surface area contributed by atoms with Gasteiger partial charge >= 0.3 is 0 Å². The smallest absolute Gasteiger partial charge is 0.164 e. The number of fused-ring (bicyclic) bond motifs is 13. The first-order chi connectivity index (χ1) is 27.8. The van der Waals surface area contributed by atoms with E-state index in [-0.39, 0.29) is 0 Å². The number of hydrogen-bond donors (Lipinski definition) is 0. The Bertz CT molecular complexity index is 3440. The summed E-state index contributed by atoms with van der Waals surface area (Å²) < 4.78 is 9.25. The summed E-state index contributed by atoms with van der Waals surface area (Å²) in [4.78, 5) is 14.9. The molecule has 5 heteroatoms.